The average Bonchev–Trinajstić information content (AvgIpc) is 3.39. The van der Waals surface area contributed by atoms with Gasteiger partial charge in [0.2, 0.25) is 0 Å². The normalized spacial score (nSPS) is 20.8. The molecule has 1 aromatic carbocycles. The number of nitrogens with zero attached hydrogens (tertiary/aromatic N) is 3. The minimum atomic E-state index is -0.148. The summed E-state index contributed by atoms with van der Waals surface area (Å²) in [7, 11) is 0. The number of carbonyl (C=O) groups is 1. The fourth-order valence-electron chi connectivity index (χ4n) is 4.11. The van der Waals surface area contributed by atoms with Gasteiger partial charge in [0.05, 0.1) is 12.3 Å². The number of aliphatic hydroxyl groups is 1. The molecular formula is C23H27N5O2. The highest BCUT2D eigenvalue weighted by Gasteiger charge is 2.27. The molecule has 0 saturated heterocycles. The van der Waals surface area contributed by atoms with Gasteiger partial charge in [0, 0.05) is 35.5 Å². The van der Waals surface area contributed by atoms with Crippen molar-refractivity contribution in [1.29, 1.82) is 0 Å². The topological polar surface area (TPSA) is 91.5 Å². The van der Waals surface area contributed by atoms with Crippen molar-refractivity contribution < 1.29 is 9.90 Å². The Morgan fingerprint density at radius 3 is 2.73 bits per heavy atom. The van der Waals surface area contributed by atoms with Crippen LogP contribution in [-0.2, 0) is 0 Å². The van der Waals surface area contributed by atoms with Crippen LogP contribution in [0.2, 0.25) is 0 Å². The predicted octanol–water partition coefficient (Wildman–Crippen LogP) is 3.09. The molecular weight excluding hydrogens is 378 g/mol. The average molecular weight is 406 g/mol. The van der Waals surface area contributed by atoms with Gasteiger partial charge in [-0.25, -0.2) is 4.98 Å². The molecule has 2 aliphatic carbocycles. The summed E-state index contributed by atoms with van der Waals surface area (Å²) >= 11 is 0. The van der Waals surface area contributed by atoms with E-state index in [2.05, 4.69) is 15.7 Å². The van der Waals surface area contributed by atoms with Gasteiger partial charge in [0.25, 0.3) is 5.91 Å². The first-order valence-electron chi connectivity index (χ1n) is 10.7. The van der Waals surface area contributed by atoms with Gasteiger partial charge in [-0.3, -0.25) is 4.79 Å². The van der Waals surface area contributed by atoms with Crippen LogP contribution in [0.5, 0.6) is 0 Å². The van der Waals surface area contributed by atoms with Gasteiger partial charge in [-0.1, -0.05) is 12.1 Å². The third-order valence-electron chi connectivity index (χ3n) is 6.08. The second-order valence-corrected chi connectivity index (χ2v) is 8.73. The zero-order valence-electron chi connectivity index (χ0n) is 17.4. The molecule has 30 heavy (non-hydrogen) atoms. The van der Waals surface area contributed by atoms with Gasteiger partial charge < -0.3 is 15.7 Å². The summed E-state index contributed by atoms with van der Waals surface area (Å²) in [5, 5.41) is 20.6. The fourth-order valence-corrected chi connectivity index (χ4v) is 4.11. The Morgan fingerprint density at radius 1 is 1.23 bits per heavy atom. The molecule has 2 aliphatic rings. The van der Waals surface area contributed by atoms with Crippen molar-refractivity contribution in [2.75, 3.05) is 11.9 Å². The number of anilines is 1. The van der Waals surface area contributed by atoms with E-state index in [1.807, 2.05) is 48.8 Å². The van der Waals surface area contributed by atoms with Crippen LogP contribution in [0, 0.1) is 19.8 Å². The molecule has 0 unspecified atom stereocenters. The van der Waals surface area contributed by atoms with Crippen LogP contribution in [0.3, 0.4) is 0 Å². The van der Waals surface area contributed by atoms with E-state index in [4.69, 9.17) is 4.98 Å². The number of aryl methyl sites for hydroxylation is 2. The highest BCUT2D eigenvalue weighted by atomic mass is 16.3. The Hall–Kier alpha value is -2.93. The molecule has 2 fully saturated rings. The molecule has 7 nitrogen and oxygen atoms in total. The van der Waals surface area contributed by atoms with E-state index >= 15 is 0 Å². The molecule has 2 aromatic heterocycles. The molecule has 0 spiro atoms. The van der Waals surface area contributed by atoms with E-state index in [1.165, 1.54) is 0 Å². The minimum absolute atomic E-state index is 0.00276. The summed E-state index contributed by atoms with van der Waals surface area (Å²) in [6.07, 6.45) is 5.54. The lowest BCUT2D eigenvalue weighted by molar-refractivity contribution is 0.0486. The quantitative estimate of drug-likeness (QED) is 0.586. The zero-order valence-corrected chi connectivity index (χ0v) is 17.4. The number of carbonyl (C=O) groups excluding carboxylic acids is 1. The molecule has 2 heterocycles. The number of amides is 1. The zero-order chi connectivity index (χ0) is 20.8. The van der Waals surface area contributed by atoms with E-state index in [0.29, 0.717) is 12.0 Å². The summed E-state index contributed by atoms with van der Waals surface area (Å²) in [5.41, 5.74) is 5.31. The van der Waals surface area contributed by atoms with Crippen molar-refractivity contribution in [3.8, 4) is 11.1 Å². The molecule has 3 N–H and O–H groups in total. The van der Waals surface area contributed by atoms with Crippen molar-refractivity contribution in [2.24, 2.45) is 5.92 Å². The summed E-state index contributed by atoms with van der Waals surface area (Å²) in [4.78, 5) is 17.2. The number of fused-ring (bicyclic) bond motifs is 1. The molecule has 7 heteroatoms. The number of benzene rings is 1. The van der Waals surface area contributed by atoms with Gasteiger partial charge in [-0.05, 0) is 62.6 Å². The Balaban J connectivity index is 1.43. The lowest BCUT2D eigenvalue weighted by atomic mass is 9.82. The highest BCUT2D eigenvalue weighted by molar-refractivity contribution is 5.97. The maximum atomic E-state index is 12.4. The molecule has 156 valence electrons. The van der Waals surface area contributed by atoms with Gasteiger partial charge in [-0.15, -0.1) is 0 Å². The number of nitrogens with one attached hydrogen (secondary N) is 2. The Bertz CT molecular complexity index is 1110. The monoisotopic (exact) mass is 405 g/mol. The van der Waals surface area contributed by atoms with E-state index in [-0.39, 0.29) is 12.0 Å². The number of hydrogen-bond donors (Lipinski definition) is 3. The van der Waals surface area contributed by atoms with Crippen LogP contribution in [-0.4, -0.2) is 44.3 Å². The van der Waals surface area contributed by atoms with E-state index in [1.54, 1.807) is 0 Å². The first-order valence-corrected chi connectivity index (χ1v) is 10.7. The maximum absolute atomic E-state index is 12.4. The molecule has 2 saturated carbocycles. The van der Waals surface area contributed by atoms with Gasteiger partial charge in [0.15, 0.2) is 5.65 Å². The Labute approximate surface area is 175 Å². The van der Waals surface area contributed by atoms with Crippen molar-refractivity contribution in [3.05, 3.63) is 47.3 Å². The van der Waals surface area contributed by atoms with Crippen LogP contribution in [0.25, 0.3) is 16.8 Å². The molecule has 0 bridgehead atoms. The van der Waals surface area contributed by atoms with E-state index in [9.17, 15) is 9.90 Å². The molecule has 1 amide bonds. The van der Waals surface area contributed by atoms with Crippen LogP contribution in [0.4, 0.5) is 5.82 Å². The highest BCUT2D eigenvalue weighted by Crippen LogP contribution is 2.30. The summed E-state index contributed by atoms with van der Waals surface area (Å²) < 4.78 is 1.83. The number of aliphatic hydroxyl groups excluding tert-OH is 1. The predicted molar refractivity (Wildman–Crippen MR) is 116 cm³/mol. The van der Waals surface area contributed by atoms with Gasteiger partial charge in [0.1, 0.15) is 5.82 Å². The molecule has 0 atom stereocenters. The standard InChI is InChI=1S/C23H27N5O2/c1-13-7-16(3-6-19(13)23(30)27-17-4-5-17)20-12-25-28-21(8-14(2)26-22(20)28)24-11-15-9-18(29)10-15/h3,6-8,12,15,17-18,24,29H,4-5,9-11H2,1-2H3,(H,27,30)/t15-,18+. The molecule has 0 radical (unpaired) electrons. The number of rotatable bonds is 6. The SMILES string of the molecule is Cc1cc(NC[C@H]2C[C@@H](O)C2)n2ncc(-c3ccc(C(=O)NC4CC4)c(C)c3)c2n1. The van der Waals surface area contributed by atoms with E-state index < -0.39 is 0 Å². The number of aromatic nitrogens is 3. The lowest BCUT2D eigenvalue weighted by Crippen LogP contribution is -2.33. The fraction of sp³-hybridized carbons (Fsp3) is 0.435. The first kappa shape index (κ1) is 19.1. The summed E-state index contributed by atoms with van der Waals surface area (Å²) in [5.74, 6) is 1.40. The Kier molecular flexibility index (Phi) is 4.70. The van der Waals surface area contributed by atoms with Crippen molar-refractivity contribution in [3.63, 3.8) is 0 Å². The molecule has 0 aliphatic heterocycles. The van der Waals surface area contributed by atoms with E-state index in [0.717, 1.165) is 71.6 Å². The third-order valence-corrected chi connectivity index (χ3v) is 6.08. The lowest BCUT2D eigenvalue weighted by Gasteiger charge is -2.31. The maximum Gasteiger partial charge on any atom is 0.251 e. The van der Waals surface area contributed by atoms with Crippen LogP contribution in [0.1, 0.15) is 47.3 Å². The van der Waals surface area contributed by atoms with Gasteiger partial charge in [-0.2, -0.15) is 9.61 Å². The first-order chi connectivity index (χ1) is 14.5. The second kappa shape index (κ2) is 7.40. The minimum Gasteiger partial charge on any atom is -0.393 e. The van der Waals surface area contributed by atoms with Crippen molar-refractivity contribution >= 4 is 17.4 Å². The van der Waals surface area contributed by atoms with Crippen LogP contribution < -0.4 is 10.6 Å². The summed E-state index contributed by atoms with van der Waals surface area (Å²) in [6.45, 7) is 4.76. The molecule has 5 rings (SSSR count). The smallest absolute Gasteiger partial charge is 0.251 e. The second-order valence-electron chi connectivity index (χ2n) is 8.73. The van der Waals surface area contributed by atoms with Gasteiger partial charge >= 0.3 is 0 Å². The van der Waals surface area contributed by atoms with Crippen LogP contribution in [0.15, 0.2) is 30.5 Å². The third kappa shape index (κ3) is 3.65. The summed E-state index contributed by atoms with van der Waals surface area (Å²) in [6, 6.07) is 8.24. The number of hydrogen-bond acceptors (Lipinski definition) is 5. The largest absolute Gasteiger partial charge is 0.393 e. The van der Waals surface area contributed by atoms with Crippen molar-refractivity contribution in [1.82, 2.24) is 19.9 Å². The van der Waals surface area contributed by atoms with Crippen LogP contribution >= 0.6 is 0 Å². The molecule has 3 aromatic rings. The van der Waals surface area contributed by atoms with Crippen molar-refractivity contribution in [2.45, 2.75) is 51.7 Å². The Morgan fingerprint density at radius 2 is 2.03 bits per heavy atom.